The number of benzene rings is 2. The second-order valence-electron chi connectivity index (χ2n) is 6.63. The first-order valence-electron chi connectivity index (χ1n) is 8.83. The molecule has 0 saturated carbocycles. The summed E-state index contributed by atoms with van der Waals surface area (Å²) < 4.78 is 0. The Labute approximate surface area is 153 Å². The molecule has 2 aromatic carbocycles. The minimum Gasteiger partial charge on any atom is -0.508 e. The molecule has 2 aliphatic rings. The molecule has 0 radical (unpaired) electrons. The van der Waals surface area contributed by atoms with Gasteiger partial charge in [-0.3, -0.25) is 9.89 Å². The molecular formula is C21H22N4O. The van der Waals surface area contributed by atoms with Gasteiger partial charge in [-0.1, -0.05) is 42.5 Å². The molecule has 3 N–H and O–H groups in total. The molecule has 0 fully saturated rings. The Hall–Kier alpha value is -3.08. The Balaban J connectivity index is 1.96. The molecule has 0 aliphatic carbocycles. The van der Waals surface area contributed by atoms with Gasteiger partial charge in [0.2, 0.25) is 0 Å². The van der Waals surface area contributed by atoms with Crippen molar-refractivity contribution in [1.29, 1.82) is 0 Å². The van der Waals surface area contributed by atoms with Crippen molar-refractivity contribution in [3.63, 3.8) is 0 Å². The van der Waals surface area contributed by atoms with Crippen molar-refractivity contribution >= 4 is 11.8 Å². The molecule has 4 rings (SSSR count). The molecule has 2 aromatic rings. The highest BCUT2D eigenvalue weighted by molar-refractivity contribution is 6.12. The normalized spacial score (nSPS) is 21.8. The molecule has 0 saturated heterocycles. The van der Waals surface area contributed by atoms with Gasteiger partial charge in [-0.2, -0.15) is 0 Å². The van der Waals surface area contributed by atoms with Crippen molar-refractivity contribution in [3.05, 3.63) is 77.9 Å². The minimum absolute atomic E-state index is 0.224. The lowest BCUT2D eigenvalue weighted by atomic mass is 9.81. The van der Waals surface area contributed by atoms with Crippen molar-refractivity contribution in [2.45, 2.75) is 18.4 Å². The van der Waals surface area contributed by atoms with E-state index >= 15 is 0 Å². The average Bonchev–Trinajstić information content (AvgIpc) is 2.97. The zero-order valence-electron chi connectivity index (χ0n) is 14.6. The third kappa shape index (κ3) is 2.47. The predicted octanol–water partition coefficient (Wildman–Crippen LogP) is 2.80. The van der Waals surface area contributed by atoms with E-state index in [-0.39, 0.29) is 5.75 Å². The smallest absolute Gasteiger partial charge is 0.198 e. The van der Waals surface area contributed by atoms with Gasteiger partial charge in [-0.15, -0.1) is 6.58 Å². The van der Waals surface area contributed by atoms with Crippen LogP contribution in [0.2, 0.25) is 0 Å². The zero-order valence-corrected chi connectivity index (χ0v) is 14.6. The first kappa shape index (κ1) is 16.4. The van der Waals surface area contributed by atoms with E-state index in [2.05, 4.69) is 24.8 Å². The quantitative estimate of drug-likeness (QED) is 0.836. The van der Waals surface area contributed by atoms with Crippen LogP contribution >= 0.6 is 0 Å². The molecule has 2 aliphatic heterocycles. The SMILES string of the molecule is C=CCc1cccc(C2(c3ccc(O)cc3)N=C(N)N3CCCN=C32)c1. The monoisotopic (exact) mass is 346 g/mol. The average molecular weight is 346 g/mol. The van der Waals surface area contributed by atoms with Crippen LogP contribution in [0.4, 0.5) is 0 Å². The summed E-state index contributed by atoms with van der Waals surface area (Å²) >= 11 is 0. The maximum absolute atomic E-state index is 9.74. The van der Waals surface area contributed by atoms with Crippen molar-refractivity contribution in [3.8, 4) is 5.75 Å². The van der Waals surface area contributed by atoms with E-state index < -0.39 is 5.54 Å². The number of phenols is 1. The summed E-state index contributed by atoms with van der Waals surface area (Å²) in [6, 6.07) is 15.5. The summed E-state index contributed by atoms with van der Waals surface area (Å²) in [6.45, 7) is 5.42. The summed E-state index contributed by atoms with van der Waals surface area (Å²) in [5.41, 5.74) is 8.64. The van der Waals surface area contributed by atoms with E-state index in [4.69, 9.17) is 15.7 Å². The fourth-order valence-electron chi connectivity index (χ4n) is 3.77. The molecule has 0 aromatic heterocycles. The standard InChI is InChI=1S/C21H22N4O/c1-2-5-15-6-3-7-17(14-15)21(16-8-10-18(26)11-9-16)19-23-12-4-13-25(19)20(22)24-21/h2-3,6-11,14,26H,1,4-5,12-13H2,(H2,22,24). The van der Waals surface area contributed by atoms with Crippen LogP contribution in [-0.4, -0.2) is 34.9 Å². The van der Waals surface area contributed by atoms with E-state index in [0.29, 0.717) is 5.96 Å². The number of allylic oxidation sites excluding steroid dienone is 1. The molecule has 0 spiro atoms. The van der Waals surface area contributed by atoms with Crippen LogP contribution in [0.25, 0.3) is 0 Å². The fourth-order valence-corrected chi connectivity index (χ4v) is 3.77. The first-order valence-corrected chi connectivity index (χ1v) is 8.83. The first-order chi connectivity index (χ1) is 12.6. The van der Waals surface area contributed by atoms with Gasteiger partial charge in [0.05, 0.1) is 0 Å². The minimum atomic E-state index is -0.782. The molecule has 2 heterocycles. The Morgan fingerprint density at radius 2 is 2.00 bits per heavy atom. The summed E-state index contributed by atoms with van der Waals surface area (Å²) in [4.78, 5) is 11.7. The third-order valence-corrected chi connectivity index (χ3v) is 4.95. The van der Waals surface area contributed by atoms with Crippen LogP contribution in [0.5, 0.6) is 5.75 Å². The fraction of sp³-hybridized carbons (Fsp3) is 0.238. The van der Waals surface area contributed by atoms with Crippen LogP contribution in [-0.2, 0) is 12.0 Å². The summed E-state index contributed by atoms with van der Waals surface area (Å²) in [5.74, 6) is 1.58. The number of guanidine groups is 1. The number of amidine groups is 1. The Morgan fingerprint density at radius 3 is 2.77 bits per heavy atom. The molecule has 0 amide bonds. The van der Waals surface area contributed by atoms with Gasteiger partial charge >= 0.3 is 0 Å². The molecular weight excluding hydrogens is 324 g/mol. The molecule has 26 heavy (non-hydrogen) atoms. The number of aliphatic imine (C=N–C) groups is 2. The number of phenolic OH excluding ortho intramolecular Hbond substituents is 1. The van der Waals surface area contributed by atoms with Gasteiger partial charge in [-0.25, -0.2) is 4.99 Å². The topological polar surface area (TPSA) is 74.2 Å². The highest BCUT2D eigenvalue weighted by Gasteiger charge is 2.49. The lowest BCUT2D eigenvalue weighted by Gasteiger charge is -2.33. The summed E-state index contributed by atoms with van der Waals surface area (Å²) in [6.07, 6.45) is 3.64. The van der Waals surface area contributed by atoms with Crippen LogP contribution < -0.4 is 5.73 Å². The largest absolute Gasteiger partial charge is 0.508 e. The van der Waals surface area contributed by atoms with E-state index in [1.165, 1.54) is 5.56 Å². The third-order valence-electron chi connectivity index (χ3n) is 4.95. The Morgan fingerprint density at radius 1 is 1.19 bits per heavy atom. The molecule has 0 bridgehead atoms. The number of fused-ring (bicyclic) bond motifs is 1. The summed E-state index contributed by atoms with van der Waals surface area (Å²) in [7, 11) is 0. The lowest BCUT2D eigenvalue weighted by molar-refractivity contribution is 0.474. The van der Waals surface area contributed by atoms with E-state index in [0.717, 1.165) is 42.9 Å². The highest BCUT2D eigenvalue weighted by Crippen LogP contribution is 2.42. The number of aromatic hydroxyl groups is 1. The second kappa shape index (κ2) is 6.33. The Kier molecular flexibility index (Phi) is 3.99. The van der Waals surface area contributed by atoms with Gasteiger partial charge in [0.25, 0.3) is 0 Å². The van der Waals surface area contributed by atoms with Crippen LogP contribution in [0, 0.1) is 0 Å². The lowest BCUT2D eigenvalue weighted by Crippen LogP contribution is -2.46. The van der Waals surface area contributed by atoms with Crippen molar-refractivity contribution in [2.75, 3.05) is 13.1 Å². The number of rotatable bonds is 4. The van der Waals surface area contributed by atoms with Crippen molar-refractivity contribution in [1.82, 2.24) is 4.90 Å². The van der Waals surface area contributed by atoms with Gasteiger partial charge < -0.3 is 10.8 Å². The highest BCUT2D eigenvalue weighted by atomic mass is 16.3. The van der Waals surface area contributed by atoms with E-state index in [9.17, 15) is 5.11 Å². The maximum atomic E-state index is 9.74. The number of hydrogen-bond acceptors (Lipinski definition) is 5. The predicted molar refractivity (Wildman–Crippen MR) is 104 cm³/mol. The van der Waals surface area contributed by atoms with Crippen LogP contribution in [0.15, 0.2) is 71.2 Å². The van der Waals surface area contributed by atoms with E-state index in [1.807, 2.05) is 29.2 Å². The molecule has 5 nitrogen and oxygen atoms in total. The zero-order chi connectivity index (χ0) is 18.1. The number of nitrogens with zero attached hydrogens (tertiary/aromatic N) is 3. The van der Waals surface area contributed by atoms with Gasteiger partial charge in [-0.05, 0) is 41.7 Å². The number of nitrogens with two attached hydrogens (primary N) is 1. The van der Waals surface area contributed by atoms with Crippen LogP contribution in [0.3, 0.4) is 0 Å². The van der Waals surface area contributed by atoms with E-state index in [1.54, 1.807) is 12.1 Å². The van der Waals surface area contributed by atoms with Crippen molar-refractivity contribution < 1.29 is 5.11 Å². The van der Waals surface area contributed by atoms with Crippen molar-refractivity contribution in [2.24, 2.45) is 15.7 Å². The Bertz CT molecular complexity index is 900. The van der Waals surface area contributed by atoms with Gasteiger partial charge in [0.1, 0.15) is 11.6 Å². The van der Waals surface area contributed by atoms with Gasteiger partial charge in [0.15, 0.2) is 11.5 Å². The van der Waals surface area contributed by atoms with Gasteiger partial charge in [0, 0.05) is 13.1 Å². The van der Waals surface area contributed by atoms with Crippen LogP contribution in [0.1, 0.15) is 23.1 Å². The molecule has 132 valence electrons. The summed E-state index contributed by atoms with van der Waals surface area (Å²) in [5, 5.41) is 9.74. The molecule has 1 unspecified atom stereocenters. The number of hydrogen-bond donors (Lipinski definition) is 2. The molecule has 5 heteroatoms. The maximum Gasteiger partial charge on any atom is 0.198 e. The second-order valence-corrected chi connectivity index (χ2v) is 6.63. The molecule has 1 atom stereocenters.